The molecule has 5 amide bonds. The molecule has 1 aliphatic heterocycles. The van der Waals surface area contributed by atoms with E-state index in [0.29, 0.717) is 43.9 Å². The first-order chi connectivity index (χ1) is 21.3. The summed E-state index contributed by atoms with van der Waals surface area (Å²) in [6.45, 7) is 15.3. The van der Waals surface area contributed by atoms with E-state index in [0.717, 1.165) is 52.2 Å². The lowest BCUT2D eigenvalue weighted by molar-refractivity contribution is -0.138. The summed E-state index contributed by atoms with van der Waals surface area (Å²) in [5.41, 5.74) is 5.21. The van der Waals surface area contributed by atoms with E-state index in [4.69, 9.17) is 10.8 Å². The van der Waals surface area contributed by atoms with Gasteiger partial charge in [-0.25, -0.2) is 0 Å². The first-order valence-corrected chi connectivity index (χ1v) is 16.6. The number of piperazine rings is 1. The van der Waals surface area contributed by atoms with Gasteiger partial charge in [0, 0.05) is 39.2 Å². The summed E-state index contributed by atoms with van der Waals surface area (Å²) in [7, 11) is 1.00. The Labute approximate surface area is 271 Å². The fraction of sp³-hybridized carbons (Fsp3) is 0.844. The van der Waals surface area contributed by atoms with E-state index < -0.39 is 12.1 Å². The summed E-state index contributed by atoms with van der Waals surface area (Å²) < 4.78 is 0. The first kappa shape index (κ1) is 44.4. The van der Waals surface area contributed by atoms with E-state index in [9.17, 15) is 24.0 Å². The quantitative estimate of drug-likeness (QED) is 0.0848. The van der Waals surface area contributed by atoms with Crippen LogP contribution in [0.15, 0.2) is 0 Å². The van der Waals surface area contributed by atoms with Gasteiger partial charge < -0.3 is 42.7 Å². The van der Waals surface area contributed by atoms with Gasteiger partial charge in [0.15, 0.2) is 0 Å². The molecule has 1 fully saturated rings. The third-order valence-electron chi connectivity index (χ3n) is 6.76. The Bertz CT molecular complexity index is 822. The number of rotatable bonds is 21. The average Bonchev–Trinajstić information content (AvgIpc) is 2.97. The Morgan fingerprint density at radius 2 is 1.22 bits per heavy atom. The minimum absolute atomic E-state index is 0.0105. The zero-order chi connectivity index (χ0) is 34.6. The zero-order valence-corrected chi connectivity index (χ0v) is 29.1. The topological polar surface area (TPSA) is 204 Å². The third-order valence-corrected chi connectivity index (χ3v) is 6.76. The minimum Gasteiger partial charge on any atom is -0.400 e. The Morgan fingerprint density at radius 3 is 1.73 bits per heavy atom. The largest absolute Gasteiger partial charge is 0.400 e. The number of unbranched alkanes of at least 4 members (excludes halogenated alkanes) is 2. The summed E-state index contributed by atoms with van der Waals surface area (Å²) in [4.78, 5) is 58.6. The van der Waals surface area contributed by atoms with E-state index in [1.807, 2.05) is 0 Å². The van der Waals surface area contributed by atoms with Gasteiger partial charge >= 0.3 is 0 Å². The molecule has 0 saturated carbocycles. The van der Waals surface area contributed by atoms with Crippen molar-refractivity contribution in [2.75, 3.05) is 39.8 Å². The Hall–Kier alpha value is -2.77. The van der Waals surface area contributed by atoms with Gasteiger partial charge in [0.1, 0.15) is 12.1 Å². The van der Waals surface area contributed by atoms with Gasteiger partial charge in [-0.15, -0.1) is 0 Å². The highest BCUT2D eigenvalue weighted by Gasteiger charge is 2.34. The van der Waals surface area contributed by atoms with Crippen LogP contribution in [0, 0.1) is 11.8 Å². The van der Waals surface area contributed by atoms with Gasteiger partial charge in [0.25, 0.3) is 0 Å². The van der Waals surface area contributed by atoms with Crippen molar-refractivity contribution in [3.8, 4) is 0 Å². The molecule has 1 heterocycles. The van der Waals surface area contributed by atoms with E-state index >= 15 is 0 Å². The van der Waals surface area contributed by atoms with Crippen molar-refractivity contribution >= 4 is 29.5 Å². The Balaban J connectivity index is 0. The highest BCUT2D eigenvalue weighted by Crippen LogP contribution is 2.08. The standard InChI is InChI=1S/C19H36N4O3.C12H25N3O2.CH4O/c1-13(2)8-5-6-10-21-17(24)12-16-19(26)22-15(18(25)23-16)9-7-11-20-14(3)4;1-10(2)5-3-4-8-14-12(17)9-15-11(16)6-7-13;1-2/h13-16,20H,5-12H2,1-4H3,(H,21,24)(H,22,26)(H,23,25);10H,3-9,13H2,1-2H3,(H,14,17)(H,15,16);2H,1H3. The highest BCUT2D eigenvalue weighted by atomic mass is 16.2. The van der Waals surface area contributed by atoms with Crippen LogP contribution in [0.5, 0.6) is 0 Å². The smallest absolute Gasteiger partial charge is 0.243 e. The molecule has 264 valence electrons. The molecule has 2 atom stereocenters. The van der Waals surface area contributed by atoms with Gasteiger partial charge in [-0.3, -0.25) is 24.0 Å². The molecule has 0 aromatic carbocycles. The molecule has 1 rings (SSSR count). The van der Waals surface area contributed by atoms with Crippen LogP contribution >= 0.6 is 0 Å². The van der Waals surface area contributed by atoms with Crippen LogP contribution < -0.4 is 37.6 Å². The number of carbonyl (C=O) groups is 5. The molecule has 1 saturated heterocycles. The summed E-state index contributed by atoms with van der Waals surface area (Å²) in [6.07, 6.45) is 8.09. The van der Waals surface area contributed by atoms with Crippen molar-refractivity contribution in [3.05, 3.63) is 0 Å². The van der Waals surface area contributed by atoms with Crippen LogP contribution in [0.4, 0.5) is 0 Å². The molecular formula is C32H65N7O6. The maximum atomic E-state index is 12.2. The molecule has 0 spiro atoms. The van der Waals surface area contributed by atoms with Crippen LogP contribution in [-0.4, -0.2) is 92.6 Å². The van der Waals surface area contributed by atoms with Crippen molar-refractivity contribution in [1.29, 1.82) is 0 Å². The van der Waals surface area contributed by atoms with Crippen LogP contribution in [0.1, 0.15) is 106 Å². The molecule has 2 unspecified atom stereocenters. The number of amides is 5. The number of hydrogen-bond donors (Lipinski definition) is 8. The van der Waals surface area contributed by atoms with Crippen LogP contribution in [0.3, 0.4) is 0 Å². The van der Waals surface area contributed by atoms with Crippen molar-refractivity contribution in [2.24, 2.45) is 17.6 Å². The number of aliphatic hydroxyl groups excluding tert-OH is 1. The zero-order valence-electron chi connectivity index (χ0n) is 29.1. The Morgan fingerprint density at radius 1 is 0.711 bits per heavy atom. The van der Waals surface area contributed by atoms with E-state index in [1.165, 1.54) is 6.42 Å². The average molecular weight is 644 g/mol. The lowest BCUT2D eigenvalue weighted by atomic mass is 10.0. The van der Waals surface area contributed by atoms with E-state index in [1.54, 1.807) is 0 Å². The van der Waals surface area contributed by atoms with Crippen LogP contribution in [0.2, 0.25) is 0 Å². The summed E-state index contributed by atoms with van der Waals surface area (Å²) in [6, 6.07) is -0.881. The van der Waals surface area contributed by atoms with Crippen molar-refractivity contribution < 1.29 is 29.1 Å². The Kier molecular flexibility index (Phi) is 28.3. The van der Waals surface area contributed by atoms with Crippen molar-refractivity contribution in [2.45, 2.75) is 124 Å². The SMILES string of the molecule is CC(C)CCCCNC(=O)CC1NC(=O)C(CCCNC(C)C)NC1=O.CC(C)CCCCNC(=O)CNC(=O)CCN.CO. The third kappa shape index (κ3) is 27.3. The first-order valence-electron chi connectivity index (χ1n) is 16.6. The molecule has 13 heteroatoms. The summed E-state index contributed by atoms with van der Waals surface area (Å²) in [5.74, 6) is 0.379. The fourth-order valence-electron chi connectivity index (χ4n) is 4.25. The lowest BCUT2D eigenvalue weighted by Gasteiger charge is -2.29. The number of aliphatic hydroxyl groups is 1. The second kappa shape index (κ2) is 28.7. The summed E-state index contributed by atoms with van der Waals surface area (Å²) >= 11 is 0. The molecule has 9 N–H and O–H groups in total. The highest BCUT2D eigenvalue weighted by molar-refractivity contribution is 5.99. The van der Waals surface area contributed by atoms with Gasteiger partial charge in [-0.05, 0) is 44.1 Å². The lowest BCUT2D eigenvalue weighted by Crippen LogP contribution is -2.62. The molecule has 0 aromatic heterocycles. The number of carbonyl (C=O) groups excluding carboxylic acids is 5. The normalized spacial score (nSPS) is 15.7. The van der Waals surface area contributed by atoms with Crippen LogP contribution in [0.25, 0.3) is 0 Å². The predicted octanol–water partition coefficient (Wildman–Crippen LogP) is 1.08. The molecule has 1 aliphatic rings. The molecule has 0 radical (unpaired) electrons. The van der Waals surface area contributed by atoms with Crippen LogP contribution in [-0.2, 0) is 24.0 Å². The molecule has 45 heavy (non-hydrogen) atoms. The van der Waals surface area contributed by atoms with Gasteiger partial charge in [-0.2, -0.15) is 0 Å². The van der Waals surface area contributed by atoms with Crippen molar-refractivity contribution in [3.63, 3.8) is 0 Å². The van der Waals surface area contributed by atoms with Gasteiger partial charge in [0.05, 0.1) is 13.0 Å². The molecular weight excluding hydrogens is 578 g/mol. The fourth-order valence-corrected chi connectivity index (χ4v) is 4.25. The van der Waals surface area contributed by atoms with Gasteiger partial charge in [-0.1, -0.05) is 67.2 Å². The number of nitrogens with one attached hydrogen (secondary N) is 6. The second-order valence-electron chi connectivity index (χ2n) is 12.4. The molecule has 0 aromatic rings. The second-order valence-corrected chi connectivity index (χ2v) is 12.4. The predicted molar refractivity (Wildman–Crippen MR) is 179 cm³/mol. The number of nitrogens with two attached hydrogens (primary N) is 1. The maximum Gasteiger partial charge on any atom is 0.243 e. The summed E-state index contributed by atoms with van der Waals surface area (Å²) in [5, 5.41) is 23.8. The monoisotopic (exact) mass is 643 g/mol. The van der Waals surface area contributed by atoms with Gasteiger partial charge in [0.2, 0.25) is 29.5 Å². The molecule has 13 nitrogen and oxygen atoms in total. The number of hydrogen-bond acceptors (Lipinski definition) is 8. The van der Waals surface area contributed by atoms with E-state index in [2.05, 4.69) is 73.4 Å². The minimum atomic E-state index is -0.775. The molecule has 0 bridgehead atoms. The molecule has 0 aliphatic carbocycles. The van der Waals surface area contributed by atoms with Crippen molar-refractivity contribution in [1.82, 2.24) is 31.9 Å². The van der Waals surface area contributed by atoms with E-state index in [-0.39, 0.29) is 48.9 Å². The maximum absolute atomic E-state index is 12.2.